The van der Waals surface area contributed by atoms with E-state index in [2.05, 4.69) is 21.6 Å². The van der Waals surface area contributed by atoms with Crippen molar-refractivity contribution in [1.29, 1.82) is 0 Å². The van der Waals surface area contributed by atoms with Gasteiger partial charge in [-0.2, -0.15) is 0 Å². The summed E-state index contributed by atoms with van der Waals surface area (Å²) < 4.78 is 17.9. The highest BCUT2D eigenvalue weighted by Crippen LogP contribution is 2.27. The van der Waals surface area contributed by atoms with E-state index in [-0.39, 0.29) is 11.3 Å². The van der Waals surface area contributed by atoms with Gasteiger partial charge in [0, 0.05) is 0 Å². The maximum atomic E-state index is 13.4. The third kappa shape index (κ3) is 3.34. The molecule has 1 N–H and O–H groups in total. The molecule has 1 aromatic heterocycles. The monoisotopic (exact) mass is 277 g/mol. The molecule has 0 aromatic carbocycles. The molecule has 1 aliphatic carbocycles. The Morgan fingerprint density at radius 3 is 2.80 bits per heavy atom. The van der Waals surface area contributed by atoms with Crippen LogP contribution in [0.25, 0.3) is 0 Å². The van der Waals surface area contributed by atoms with Gasteiger partial charge in [0.1, 0.15) is 11.3 Å². The molecule has 0 aliphatic heterocycles. The SMILES string of the molecule is COC(=O)c1cc(C#CC2(O)CCCCC2)ncc1F. The van der Waals surface area contributed by atoms with Gasteiger partial charge in [-0.05, 0) is 37.7 Å². The molecule has 0 amide bonds. The van der Waals surface area contributed by atoms with Crippen molar-refractivity contribution in [2.45, 2.75) is 37.7 Å². The first kappa shape index (κ1) is 14.5. The number of hydrogen-bond acceptors (Lipinski definition) is 4. The lowest BCUT2D eigenvalue weighted by Gasteiger charge is -2.26. The average molecular weight is 277 g/mol. The number of aromatic nitrogens is 1. The van der Waals surface area contributed by atoms with Crippen molar-refractivity contribution >= 4 is 5.97 Å². The second kappa shape index (κ2) is 6.02. The van der Waals surface area contributed by atoms with Crippen LogP contribution < -0.4 is 0 Å². The number of halogens is 1. The highest BCUT2D eigenvalue weighted by molar-refractivity contribution is 5.89. The topological polar surface area (TPSA) is 59.4 Å². The molecule has 1 fully saturated rings. The Labute approximate surface area is 117 Å². The Bertz CT molecular complexity index is 568. The van der Waals surface area contributed by atoms with E-state index in [0.717, 1.165) is 25.5 Å². The highest BCUT2D eigenvalue weighted by Gasteiger charge is 2.26. The molecule has 0 unspecified atom stereocenters. The third-order valence-corrected chi connectivity index (χ3v) is 3.36. The summed E-state index contributed by atoms with van der Waals surface area (Å²) in [6, 6.07) is 1.24. The number of aliphatic hydroxyl groups is 1. The number of esters is 1. The fourth-order valence-corrected chi connectivity index (χ4v) is 2.22. The lowest BCUT2D eigenvalue weighted by molar-refractivity contribution is 0.0594. The molecule has 1 saturated carbocycles. The quantitative estimate of drug-likeness (QED) is 0.630. The van der Waals surface area contributed by atoms with Crippen molar-refractivity contribution in [3.63, 3.8) is 0 Å². The third-order valence-electron chi connectivity index (χ3n) is 3.36. The largest absolute Gasteiger partial charge is 0.465 e. The summed E-state index contributed by atoms with van der Waals surface area (Å²) >= 11 is 0. The predicted octanol–water partition coefficient (Wildman–Crippen LogP) is 2.05. The van der Waals surface area contributed by atoms with Gasteiger partial charge in [-0.25, -0.2) is 14.2 Å². The van der Waals surface area contributed by atoms with Gasteiger partial charge in [-0.1, -0.05) is 12.3 Å². The molecule has 0 atom stereocenters. The molecule has 1 aromatic rings. The molecular weight excluding hydrogens is 261 g/mol. The summed E-state index contributed by atoms with van der Waals surface area (Å²) in [6.45, 7) is 0. The fourth-order valence-electron chi connectivity index (χ4n) is 2.22. The number of carbonyl (C=O) groups is 1. The molecule has 5 heteroatoms. The number of methoxy groups -OCH3 is 1. The number of ether oxygens (including phenoxy) is 1. The van der Waals surface area contributed by atoms with E-state index in [4.69, 9.17) is 0 Å². The Kier molecular flexibility index (Phi) is 4.35. The van der Waals surface area contributed by atoms with Crippen LogP contribution in [0.2, 0.25) is 0 Å². The minimum absolute atomic E-state index is 0.206. The standard InChI is InChI=1S/C15H16FNO3/c1-20-14(18)12-9-11(17-10-13(12)16)5-8-15(19)6-3-2-4-7-15/h9-10,19H,2-4,6-7H2,1H3. The summed E-state index contributed by atoms with van der Waals surface area (Å²) in [5.74, 6) is 3.98. The van der Waals surface area contributed by atoms with E-state index in [1.54, 1.807) is 0 Å². The predicted molar refractivity (Wildman–Crippen MR) is 70.4 cm³/mol. The number of rotatable bonds is 1. The van der Waals surface area contributed by atoms with Crippen LogP contribution in [0.15, 0.2) is 12.3 Å². The van der Waals surface area contributed by atoms with Crippen molar-refractivity contribution in [3.05, 3.63) is 29.3 Å². The van der Waals surface area contributed by atoms with Crippen molar-refractivity contribution in [3.8, 4) is 11.8 Å². The maximum Gasteiger partial charge on any atom is 0.341 e. The van der Waals surface area contributed by atoms with Gasteiger partial charge < -0.3 is 9.84 Å². The van der Waals surface area contributed by atoms with Gasteiger partial charge in [-0.15, -0.1) is 0 Å². The van der Waals surface area contributed by atoms with E-state index in [1.807, 2.05) is 0 Å². The summed E-state index contributed by atoms with van der Waals surface area (Å²) in [5.41, 5.74) is -0.965. The van der Waals surface area contributed by atoms with Gasteiger partial charge in [0.05, 0.1) is 18.9 Å². The van der Waals surface area contributed by atoms with Crippen LogP contribution in [0.5, 0.6) is 0 Å². The molecule has 0 spiro atoms. The zero-order valence-electron chi connectivity index (χ0n) is 11.3. The van der Waals surface area contributed by atoms with E-state index in [1.165, 1.54) is 13.2 Å². The van der Waals surface area contributed by atoms with Gasteiger partial charge in [0.15, 0.2) is 5.82 Å². The average Bonchev–Trinajstić information content (AvgIpc) is 2.46. The lowest BCUT2D eigenvalue weighted by Crippen LogP contribution is -2.29. The molecule has 4 nitrogen and oxygen atoms in total. The molecule has 2 rings (SSSR count). The molecule has 0 radical (unpaired) electrons. The number of carbonyl (C=O) groups excluding carboxylic acids is 1. The highest BCUT2D eigenvalue weighted by atomic mass is 19.1. The first-order chi connectivity index (χ1) is 9.54. The smallest absolute Gasteiger partial charge is 0.341 e. The minimum Gasteiger partial charge on any atom is -0.465 e. The van der Waals surface area contributed by atoms with Crippen molar-refractivity contribution in [1.82, 2.24) is 4.98 Å². The van der Waals surface area contributed by atoms with Crippen LogP contribution in [-0.2, 0) is 4.74 Å². The Hall–Kier alpha value is -1.93. The zero-order chi connectivity index (χ0) is 14.6. The van der Waals surface area contributed by atoms with Crippen molar-refractivity contribution < 1.29 is 19.0 Å². The van der Waals surface area contributed by atoms with Gasteiger partial charge in [0.2, 0.25) is 0 Å². The van der Waals surface area contributed by atoms with Crippen LogP contribution in [0.4, 0.5) is 4.39 Å². The normalized spacial score (nSPS) is 16.9. The van der Waals surface area contributed by atoms with E-state index >= 15 is 0 Å². The summed E-state index contributed by atoms with van der Waals surface area (Å²) in [5, 5.41) is 10.2. The Balaban J connectivity index is 2.24. The van der Waals surface area contributed by atoms with Gasteiger partial charge >= 0.3 is 5.97 Å². The number of nitrogens with zero attached hydrogens (tertiary/aromatic N) is 1. The van der Waals surface area contributed by atoms with Crippen LogP contribution in [-0.4, -0.2) is 28.8 Å². The summed E-state index contributed by atoms with van der Waals surface area (Å²) in [6.07, 6.45) is 5.17. The van der Waals surface area contributed by atoms with E-state index in [9.17, 15) is 14.3 Å². The number of pyridine rings is 1. The first-order valence-electron chi connectivity index (χ1n) is 6.53. The number of hydrogen-bond donors (Lipinski definition) is 1. The Morgan fingerprint density at radius 2 is 2.15 bits per heavy atom. The molecule has 106 valence electrons. The van der Waals surface area contributed by atoms with Crippen LogP contribution in [0.1, 0.15) is 48.2 Å². The fraction of sp³-hybridized carbons (Fsp3) is 0.467. The zero-order valence-corrected chi connectivity index (χ0v) is 11.3. The summed E-state index contributed by atoms with van der Waals surface area (Å²) in [7, 11) is 1.18. The van der Waals surface area contributed by atoms with Crippen LogP contribution in [0.3, 0.4) is 0 Å². The van der Waals surface area contributed by atoms with Crippen LogP contribution in [0, 0.1) is 17.7 Å². The van der Waals surface area contributed by atoms with Gasteiger partial charge in [0.25, 0.3) is 0 Å². The van der Waals surface area contributed by atoms with Crippen molar-refractivity contribution in [2.75, 3.05) is 7.11 Å². The Morgan fingerprint density at radius 1 is 1.45 bits per heavy atom. The van der Waals surface area contributed by atoms with Crippen LogP contribution >= 0.6 is 0 Å². The van der Waals surface area contributed by atoms with Gasteiger partial charge in [-0.3, -0.25) is 0 Å². The molecule has 0 saturated heterocycles. The van der Waals surface area contributed by atoms with Crippen molar-refractivity contribution in [2.24, 2.45) is 0 Å². The molecule has 0 bridgehead atoms. The summed E-state index contributed by atoms with van der Waals surface area (Å²) in [4.78, 5) is 15.2. The van der Waals surface area contributed by atoms with E-state index < -0.39 is 17.4 Å². The maximum absolute atomic E-state index is 13.4. The van der Waals surface area contributed by atoms with E-state index in [0.29, 0.717) is 12.8 Å². The molecular formula is C15H16FNO3. The first-order valence-corrected chi connectivity index (χ1v) is 6.53. The molecule has 1 aliphatic rings. The second-order valence-corrected chi connectivity index (χ2v) is 4.88. The molecule has 20 heavy (non-hydrogen) atoms. The minimum atomic E-state index is -1.00. The second-order valence-electron chi connectivity index (χ2n) is 4.88. The molecule has 1 heterocycles. The lowest BCUT2D eigenvalue weighted by atomic mass is 9.85.